The largest absolute Gasteiger partial charge is 0.493 e. The van der Waals surface area contributed by atoms with Crippen molar-refractivity contribution in [3.8, 4) is 11.5 Å². The van der Waals surface area contributed by atoms with Gasteiger partial charge in [0.2, 0.25) is 0 Å². The maximum atomic E-state index is 13.5. The van der Waals surface area contributed by atoms with Crippen molar-refractivity contribution in [3.63, 3.8) is 0 Å². The number of nitrogens with zero attached hydrogens (tertiary/aromatic N) is 3. The fourth-order valence-corrected chi connectivity index (χ4v) is 4.22. The molecular weight excluding hydrogens is 453 g/mol. The number of hydrogen-bond donors (Lipinski definition) is 2. The van der Waals surface area contributed by atoms with E-state index in [0.29, 0.717) is 66.7 Å². The fraction of sp³-hybridized carbons (Fsp3) is 0.318. The minimum Gasteiger partial charge on any atom is -0.493 e. The Kier molecular flexibility index (Phi) is 5.55. The number of rotatable bonds is 7. The summed E-state index contributed by atoms with van der Waals surface area (Å²) >= 11 is 5.89. The van der Waals surface area contributed by atoms with E-state index in [1.165, 1.54) is 18.5 Å². The summed E-state index contributed by atoms with van der Waals surface area (Å²) in [5.41, 5.74) is 0.845. The molecule has 1 aromatic heterocycles. The number of fused-ring (bicyclic) bond motifs is 1. The van der Waals surface area contributed by atoms with E-state index in [0.717, 1.165) is 0 Å². The molecule has 11 heteroatoms. The van der Waals surface area contributed by atoms with E-state index >= 15 is 0 Å². The monoisotopic (exact) mass is 473 g/mol. The Labute approximate surface area is 193 Å². The summed E-state index contributed by atoms with van der Waals surface area (Å²) in [4.78, 5) is 22.1. The van der Waals surface area contributed by atoms with Gasteiger partial charge in [-0.3, -0.25) is 4.90 Å². The van der Waals surface area contributed by atoms with Crippen molar-refractivity contribution in [3.05, 3.63) is 47.5 Å². The maximum Gasteiger partial charge on any atom is 0.407 e. The van der Waals surface area contributed by atoms with Crippen LogP contribution in [0.15, 0.2) is 36.7 Å². The molecule has 172 valence electrons. The molecule has 2 aromatic carbocycles. The zero-order valence-corrected chi connectivity index (χ0v) is 18.5. The van der Waals surface area contributed by atoms with Gasteiger partial charge in [0.05, 0.1) is 24.2 Å². The molecule has 33 heavy (non-hydrogen) atoms. The van der Waals surface area contributed by atoms with Crippen LogP contribution >= 0.6 is 11.6 Å². The number of alkyl carbamates (subject to hydrolysis) is 1. The Morgan fingerprint density at radius 3 is 2.85 bits per heavy atom. The van der Waals surface area contributed by atoms with E-state index in [1.807, 2.05) is 6.07 Å². The third kappa shape index (κ3) is 4.31. The summed E-state index contributed by atoms with van der Waals surface area (Å²) in [6.45, 7) is 2.98. The SMILES string of the molecule is COc1cc2ncnc(Nc3ccc(F)c(Cl)c3)c2cc1OCCN1CC2(CNC(=O)O2)C1. The van der Waals surface area contributed by atoms with Crippen molar-refractivity contribution in [1.29, 1.82) is 0 Å². The van der Waals surface area contributed by atoms with Crippen LogP contribution in [0, 0.1) is 5.82 Å². The molecule has 3 aromatic rings. The average Bonchev–Trinajstić information content (AvgIpc) is 3.17. The summed E-state index contributed by atoms with van der Waals surface area (Å²) in [6, 6.07) is 7.93. The first-order valence-corrected chi connectivity index (χ1v) is 10.7. The number of aromatic nitrogens is 2. The van der Waals surface area contributed by atoms with Crippen molar-refractivity contribution in [2.24, 2.45) is 0 Å². The number of benzene rings is 2. The number of amides is 1. The Hall–Kier alpha value is -3.37. The predicted octanol–water partition coefficient (Wildman–Crippen LogP) is 3.35. The van der Waals surface area contributed by atoms with E-state index in [2.05, 4.69) is 25.5 Å². The van der Waals surface area contributed by atoms with Gasteiger partial charge in [0.25, 0.3) is 0 Å². The molecule has 0 saturated carbocycles. The molecule has 0 aliphatic carbocycles. The highest BCUT2D eigenvalue weighted by Crippen LogP contribution is 2.35. The first kappa shape index (κ1) is 21.5. The van der Waals surface area contributed by atoms with Crippen LogP contribution in [0.1, 0.15) is 0 Å². The van der Waals surface area contributed by atoms with Crippen LogP contribution in [0.4, 0.5) is 20.7 Å². The van der Waals surface area contributed by atoms with Gasteiger partial charge in [-0.2, -0.15) is 0 Å². The molecule has 2 fully saturated rings. The summed E-state index contributed by atoms with van der Waals surface area (Å²) < 4.78 is 30.3. The summed E-state index contributed by atoms with van der Waals surface area (Å²) in [5.74, 6) is 1.12. The standard InChI is InChI=1S/C22H21ClFN5O4/c1-31-18-8-17-14(20(27-12-26-17)28-13-2-3-16(24)15(23)6-13)7-19(18)32-5-4-29-10-22(11-29)9-25-21(30)33-22/h2-3,6-8,12H,4-5,9-11H2,1H3,(H,25,30)(H,26,27,28). The van der Waals surface area contributed by atoms with Crippen molar-refractivity contribution in [2.45, 2.75) is 5.60 Å². The van der Waals surface area contributed by atoms with Crippen LogP contribution in [-0.2, 0) is 4.74 Å². The Morgan fingerprint density at radius 1 is 1.27 bits per heavy atom. The molecule has 1 amide bonds. The lowest BCUT2D eigenvalue weighted by Gasteiger charge is -2.45. The molecule has 2 aliphatic heterocycles. The van der Waals surface area contributed by atoms with Gasteiger partial charge in [-0.1, -0.05) is 11.6 Å². The molecule has 1 spiro atoms. The van der Waals surface area contributed by atoms with Crippen molar-refractivity contribution < 1.29 is 23.4 Å². The third-order valence-electron chi connectivity index (χ3n) is 5.66. The Morgan fingerprint density at radius 2 is 2.12 bits per heavy atom. The molecule has 3 heterocycles. The van der Waals surface area contributed by atoms with Crippen LogP contribution < -0.4 is 20.1 Å². The number of methoxy groups -OCH3 is 1. The summed E-state index contributed by atoms with van der Waals surface area (Å²) in [5, 5.41) is 6.57. The van der Waals surface area contributed by atoms with E-state index < -0.39 is 11.4 Å². The molecule has 2 saturated heterocycles. The molecule has 0 bridgehead atoms. The summed E-state index contributed by atoms with van der Waals surface area (Å²) in [6.07, 6.45) is 1.07. The minimum absolute atomic E-state index is 0.0139. The highest BCUT2D eigenvalue weighted by Gasteiger charge is 2.50. The molecule has 2 aliphatic rings. The number of ether oxygens (including phenoxy) is 3. The number of carbonyl (C=O) groups is 1. The number of hydrogen-bond acceptors (Lipinski definition) is 8. The van der Waals surface area contributed by atoms with Gasteiger partial charge < -0.3 is 24.8 Å². The van der Waals surface area contributed by atoms with Crippen LogP contribution in [0.25, 0.3) is 10.9 Å². The van der Waals surface area contributed by atoms with Crippen LogP contribution in [0.5, 0.6) is 11.5 Å². The topological polar surface area (TPSA) is 97.8 Å². The predicted molar refractivity (Wildman–Crippen MR) is 120 cm³/mol. The minimum atomic E-state index is -0.495. The van der Waals surface area contributed by atoms with E-state index in [-0.39, 0.29) is 11.1 Å². The lowest BCUT2D eigenvalue weighted by molar-refractivity contribution is -0.0756. The van der Waals surface area contributed by atoms with Crippen molar-refractivity contribution in [2.75, 3.05) is 45.2 Å². The number of halogens is 2. The second kappa shape index (κ2) is 8.53. The molecule has 2 N–H and O–H groups in total. The van der Waals surface area contributed by atoms with Gasteiger partial charge in [-0.25, -0.2) is 19.2 Å². The van der Waals surface area contributed by atoms with Gasteiger partial charge in [0.1, 0.15) is 24.6 Å². The quantitative estimate of drug-likeness (QED) is 0.539. The van der Waals surface area contributed by atoms with Gasteiger partial charge in [-0.15, -0.1) is 0 Å². The second-order valence-electron chi connectivity index (χ2n) is 7.98. The molecule has 9 nitrogen and oxygen atoms in total. The van der Waals surface area contributed by atoms with Crippen LogP contribution in [0.3, 0.4) is 0 Å². The number of anilines is 2. The van der Waals surface area contributed by atoms with Crippen LogP contribution in [0.2, 0.25) is 5.02 Å². The first-order chi connectivity index (χ1) is 15.9. The molecule has 0 unspecified atom stereocenters. The van der Waals surface area contributed by atoms with Gasteiger partial charge in [-0.05, 0) is 24.3 Å². The zero-order valence-electron chi connectivity index (χ0n) is 17.7. The van der Waals surface area contributed by atoms with E-state index in [1.54, 1.807) is 19.2 Å². The van der Waals surface area contributed by atoms with Gasteiger partial charge in [0, 0.05) is 36.8 Å². The number of carbonyl (C=O) groups excluding carboxylic acids is 1. The Balaban J connectivity index is 1.30. The van der Waals surface area contributed by atoms with E-state index in [9.17, 15) is 9.18 Å². The highest BCUT2D eigenvalue weighted by atomic mass is 35.5. The van der Waals surface area contributed by atoms with Crippen molar-refractivity contribution >= 4 is 40.1 Å². The van der Waals surface area contributed by atoms with Crippen molar-refractivity contribution in [1.82, 2.24) is 20.2 Å². The average molecular weight is 474 g/mol. The third-order valence-corrected chi connectivity index (χ3v) is 5.95. The zero-order chi connectivity index (χ0) is 23.0. The number of nitrogens with one attached hydrogen (secondary N) is 2. The molecule has 5 rings (SSSR count). The molecular formula is C22H21ClFN5O4. The smallest absolute Gasteiger partial charge is 0.407 e. The first-order valence-electron chi connectivity index (χ1n) is 10.3. The lowest BCUT2D eigenvalue weighted by atomic mass is 9.95. The molecule has 0 radical (unpaired) electrons. The fourth-order valence-electron chi connectivity index (χ4n) is 4.04. The highest BCUT2D eigenvalue weighted by molar-refractivity contribution is 6.31. The van der Waals surface area contributed by atoms with Gasteiger partial charge >= 0.3 is 6.09 Å². The normalized spacial score (nSPS) is 16.9. The summed E-state index contributed by atoms with van der Waals surface area (Å²) in [7, 11) is 1.57. The second-order valence-corrected chi connectivity index (χ2v) is 8.39. The van der Waals surface area contributed by atoms with E-state index in [4.69, 9.17) is 25.8 Å². The lowest BCUT2D eigenvalue weighted by Crippen LogP contribution is -2.64. The van der Waals surface area contributed by atoms with Crippen LogP contribution in [-0.4, -0.2) is 66.5 Å². The number of likely N-dealkylation sites (tertiary alicyclic amines) is 1. The molecule has 0 atom stereocenters. The Bertz CT molecular complexity index is 1220. The van der Waals surface area contributed by atoms with Gasteiger partial charge in [0.15, 0.2) is 17.1 Å². The maximum absolute atomic E-state index is 13.5.